The molecule has 1 fully saturated rings. The smallest absolute Gasteiger partial charge is 0.424 e. The molecule has 2 atom stereocenters. The van der Waals surface area contributed by atoms with Gasteiger partial charge < -0.3 is 19.9 Å². The molecule has 2 aromatic heterocycles. The number of halogens is 5. The molecule has 1 saturated carbocycles. The fourth-order valence-corrected chi connectivity index (χ4v) is 5.22. The molecule has 43 heavy (non-hydrogen) atoms. The van der Waals surface area contributed by atoms with E-state index in [-0.39, 0.29) is 35.6 Å². The van der Waals surface area contributed by atoms with Crippen LogP contribution in [0.25, 0.3) is 22.2 Å². The number of nitrogens with zero attached hydrogens (tertiary/aromatic N) is 2. The number of rotatable bonds is 8. The highest BCUT2D eigenvalue weighted by Crippen LogP contribution is 2.46. The van der Waals surface area contributed by atoms with E-state index in [0.29, 0.717) is 39.2 Å². The Labute approximate surface area is 248 Å². The van der Waals surface area contributed by atoms with E-state index in [1.165, 1.54) is 36.5 Å². The van der Waals surface area contributed by atoms with E-state index < -0.39 is 35.7 Å². The number of hydrogen-bond donors (Lipinski definition) is 2. The largest absolute Gasteiger partial charge is 0.490 e. The first kappa shape index (κ1) is 29.1. The second-order valence-electron chi connectivity index (χ2n) is 10.8. The molecule has 1 amide bonds. The Hall–Kier alpha value is -3.96. The zero-order valence-corrected chi connectivity index (χ0v) is 23.6. The second kappa shape index (κ2) is 10.9. The zero-order valence-electron chi connectivity index (χ0n) is 22.8. The second-order valence-corrected chi connectivity index (χ2v) is 11.2. The number of hydrogen-bond acceptors (Lipinski definition) is 6. The zero-order chi connectivity index (χ0) is 30.5. The van der Waals surface area contributed by atoms with E-state index in [1.807, 2.05) is 6.92 Å². The van der Waals surface area contributed by atoms with Gasteiger partial charge in [-0.05, 0) is 67.8 Å². The van der Waals surface area contributed by atoms with Gasteiger partial charge in [0.25, 0.3) is 5.91 Å². The Bertz CT molecular complexity index is 1710. The van der Waals surface area contributed by atoms with Crippen LogP contribution in [0, 0.1) is 5.82 Å². The average molecular weight is 616 g/mol. The third-order valence-electron chi connectivity index (χ3n) is 7.67. The molecule has 224 valence electrons. The van der Waals surface area contributed by atoms with Gasteiger partial charge in [0.15, 0.2) is 0 Å². The quantitative estimate of drug-likeness (QED) is 0.214. The van der Waals surface area contributed by atoms with Crippen LogP contribution in [0.3, 0.4) is 0 Å². The van der Waals surface area contributed by atoms with Crippen molar-refractivity contribution < 1.29 is 36.9 Å². The number of aliphatic hydroxyl groups is 1. The number of carbonyl (C=O) groups excluding carboxylic acids is 1. The number of aromatic nitrogens is 2. The summed E-state index contributed by atoms with van der Waals surface area (Å²) in [6, 6.07) is 10.7. The van der Waals surface area contributed by atoms with Crippen LogP contribution in [0.4, 0.5) is 17.6 Å². The predicted molar refractivity (Wildman–Crippen MR) is 151 cm³/mol. The summed E-state index contributed by atoms with van der Waals surface area (Å²) in [5.41, 5.74) is -3.01. The number of nitrogens with one attached hydrogen (secondary N) is 1. The summed E-state index contributed by atoms with van der Waals surface area (Å²) in [5, 5.41) is 14.3. The number of ether oxygens (including phenoxy) is 2. The SMILES string of the molecule is CC[C@@H]1COc2c1cc([C@@](O)(CNC(=O)c1cc(OC3CC3)c3ncc(Cl)cc3c1)C(F)(F)F)nc2-c1ccc(F)cc1. The molecule has 2 aromatic carbocycles. The number of fused-ring (bicyclic) bond motifs is 2. The van der Waals surface area contributed by atoms with Crippen molar-refractivity contribution in [1.82, 2.24) is 15.3 Å². The van der Waals surface area contributed by atoms with Crippen LogP contribution in [0.15, 0.2) is 54.7 Å². The Morgan fingerprint density at radius 2 is 1.91 bits per heavy atom. The van der Waals surface area contributed by atoms with E-state index in [9.17, 15) is 27.5 Å². The highest BCUT2D eigenvalue weighted by molar-refractivity contribution is 6.31. The average Bonchev–Trinajstić information content (AvgIpc) is 3.69. The summed E-state index contributed by atoms with van der Waals surface area (Å²) in [6.45, 7) is 0.856. The van der Waals surface area contributed by atoms with Crippen molar-refractivity contribution in [1.29, 1.82) is 0 Å². The fourth-order valence-electron chi connectivity index (χ4n) is 5.06. The summed E-state index contributed by atoms with van der Waals surface area (Å²) in [6.07, 6.45) is -1.60. The van der Waals surface area contributed by atoms with Gasteiger partial charge in [-0.2, -0.15) is 13.2 Å². The van der Waals surface area contributed by atoms with Crippen LogP contribution < -0.4 is 14.8 Å². The summed E-state index contributed by atoms with van der Waals surface area (Å²) in [7, 11) is 0. The van der Waals surface area contributed by atoms with Crippen LogP contribution in [0.2, 0.25) is 5.02 Å². The molecule has 6 rings (SSSR count). The number of alkyl halides is 3. The number of carbonyl (C=O) groups is 1. The number of benzene rings is 2. The minimum absolute atomic E-state index is 0.00472. The van der Waals surface area contributed by atoms with Crippen molar-refractivity contribution in [2.75, 3.05) is 13.2 Å². The predicted octanol–water partition coefficient (Wildman–Crippen LogP) is 6.70. The van der Waals surface area contributed by atoms with Crippen molar-refractivity contribution in [3.8, 4) is 22.8 Å². The van der Waals surface area contributed by atoms with E-state index >= 15 is 0 Å². The van der Waals surface area contributed by atoms with Gasteiger partial charge in [-0.25, -0.2) is 9.37 Å². The van der Waals surface area contributed by atoms with Gasteiger partial charge in [0.2, 0.25) is 5.60 Å². The molecule has 1 aliphatic heterocycles. The maximum absolute atomic E-state index is 14.7. The van der Waals surface area contributed by atoms with Gasteiger partial charge in [-0.1, -0.05) is 18.5 Å². The molecule has 0 bridgehead atoms. The topological polar surface area (TPSA) is 93.6 Å². The Morgan fingerprint density at radius 1 is 1.16 bits per heavy atom. The van der Waals surface area contributed by atoms with Crippen LogP contribution in [0.5, 0.6) is 11.5 Å². The molecule has 2 N–H and O–H groups in total. The number of amides is 1. The summed E-state index contributed by atoms with van der Waals surface area (Å²) >= 11 is 6.09. The molecule has 0 spiro atoms. The Kier molecular flexibility index (Phi) is 7.42. The fraction of sp³-hybridized carbons (Fsp3) is 0.323. The molecular formula is C31H26ClF4N3O4. The Balaban J connectivity index is 1.37. The van der Waals surface area contributed by atoms with Crippen molar-refractivity contribution in [3.05, 3.63) is 82.4 Å². The third-order valence-corrected chi connectivity index (χ3v) is 7.88. The lowest BCUT2D eigenvalue weighted by Crippen LogP contribution is -2.51. The lowest BCUT2D eigenvalue weighted by atomic mass is 9.91. The van der Waals surface area contributed by atoms with Crippen molar-refractivity contribution >= 4 is 28.4 Å². The molecular weight excluding hydrogens is 590 g/mol. The molecule has 4 aromatic rings. The van der Waals surface area contributed by atoms with Gasteiger partial charge in [-0.3, -0.25) is 9.78 Å². The minimum Gasteiger partial charge on any atom is -0.490 e. The van der Waals surface area contributed by atoms with Gasteiger partial charge >= 0.3 is 6.18 Å². The monoisotopic (exact) mass is 615 g/mol. The molecule has 0 saturated heterocycles. The minimum atomic E-state index is -5.23. The molecule has 7 nitrogen and oxygen atoms in total. The van der Waals surface area contributed by atoms with Crippen molar-refractivity contribution in [2.45, 2.75) is 50.0 Å². The highest BCUT2D eigenvalue weighted by atomic mass is 35.5. The van der Waals surface area contributed by atoms with Crippen LogP contribution in [-0.2, 0) is 5.60 Å². The van der Waals surface area contributed by atoms with Gasteiger partial charge in [0.1, 0.15) is 28.5 Å². The third kappa shape index (κ3) is 5.59. The lowest BCUT2D eigenvalue weighted by molar-refractivity contribution is -0.265. The number of pyridine rings is 2. The molecule has 1 aliphatic carbocycles. The summed E-state index contributed by atoms with van der Waals surface area (Å²) < 4.78 is 69.3. The van der Waals surface area contributed by atoms with Crippen molar-refractivity contribution in [3.63, 3.8) is 0 Å². The van der Waals surface area contributed by atoms with Gasteiger partial charge in [-0.15, -0.1) is 0 Å². The maximum atomic E-state index is 14.7. The van der Waals surface area contributed by atoms with Gasteiger partial charge in [0, 0.05) is 34.2 Å². The first-order valence-electron chi connectivity index (χ1n) is 13.7. The van der Waals surface area contributed by atoms with E-state index in [4.69, 9.17) is 21.1 Å². The Morgan fingerprint density at radius 3 is 2.58 bits per heavy atom. The molecule has 3 heterocycles. The summed E-state index contributed by atoms with van der Waals surface area (Å²) in [4.78, 5) is 21.7. The van der Waals surface area contributed by atoms with Crippen LogP contribution in [-0.4, -0.2) is 46.4 Å². The van der Waals surface area contributed by atoms with Crippen LogP contribution in [0.1, 0.15) is 53.7 Å². The highest BCUT2D eigenvalue weighted by Gasteiger charge is 2.57. The maximum Gasteiger partial charge on any atom is 0.424 e. The molecule has 12 heteroatoms. The lowest BCUT2D eigenvalue weighted by Gasteiger charge is -2.31. The first-order chi connectivity index (χ1) is 20.5. The molecule has 2 aliphatic rings. The first-order valence-corrected chi connectivity index (χ1v) is 14.1. The molecule has 0 unspecified atom stereocenters. The summed E-state index contributed by atoms with van der Waals surface area (Å²) in [5.74, 6) is -1.06. The van der Waals surface area contributed by atoms with Crippen LogP contribution >= 0.6 is 11.6 Å². The van der Waals surface area contributed by atoms with Crippen molar-refractivity contribution in [2.24, 2.45) is 0 Å². The van der Waals surface area contributed by atoms with Gasteiger partial charge in [0.05, 0.1) is 30.0 Å². The van der Waals surface area contributed by atoms with E-state index in [0.717, 1.165) is 25.0 Å². The van der Waals surface area contributed by atoms with E-state index in [2.05, 4.69) is 15.3 Å². The normalized spacial score (nSPS) is 17.7. The molecule has 0 radical (unpaired) electrons. The standard InChI is InChI=1S/C31H26ClF4N3O4/c1-2-16-14-42-28-23(16)12-25(39-27(28)17-3-5-21(33)6-4-17)30(41,31(34,35)36)15-38-29(40)19-9-18-10-20(32)13-37-26(18)24(11-19)43-22-7-8-22/h3-6,9-13,16,22,41H,2,7-8,14-15H2,1H3,(H,38,40)/t16-,30+/m1/s1. The van der Waals surface area contributed by atoms with E-state index in [1.54, 1.807) is 6.07 Å².